The minimum Gasteiger partial charge on any atom is -0.497 e. The van der Waals surface area contributed by atoms with E-state index in [0.29, 0.717) is 18.8 Å². The van der Waals surface area contributed by atoms with Crippen LogP contribution in [-0.4, -0.2) is 38.3 Å². The number of pyridine rings is 1. The van der Waals surface area contributed by atoms with Crippen molar-refractivity contribution in [2.75, 3.05) is 27.4 Å². The van der Waals surface area contributed by atoms with Gasteiger partial charge in [0.2, 0.25) is 0 Å². The molecule has 2 rings (SSSR count). The number of hydrogen-bond donors (Lipinski definition) is 1. The molecule has 0 unspecified atom stereocenters. The Kier molecular flexibility index (Phi) is 4.90. The number of benzene rings is 1. The van der Waals surface area contributed by atoms with E-state index in [-0.39, 0.29) is 5.91 Å². The minimum atomic E-state index is -0.168. The van der Waals surface area contributed by atoms with Crippen LogP contribution < -0.4 is 10.1 Å². The van der Waals surface area contributed by atoms with Crippen molar-refractivity contribution in [3.63, 3.8) is 0 Å². The Morgan fingerprint density at radius 2 is 2.10 bits per heavy atom. The first kappa shape index (κ1) is 14.3. The molecule has 1 amide bonds. The van der Waals surface area contributed by atoms with Crippen molar-refractivity contribution in [2.45, 2.75) is 6.42 Å². The third-order valence-corrected chi connectivity index (χ3v) is 2.94. The predicted octanol–water partition coefficient (Wildman–Crippen LogP) is 2.01. The van der Waals surface area contributed by atoms with Gasteiger partial charge in [0.15, 0.2) is 0 Å². The van der Waals surface area contributed by atoms with Crippen LogP contribution in [0.2, 0.25) is 0 Å². The molecule has 0 saturated heterocycles. The fourth-order valence-electron chi connectivity index (χ4n) is 1.87. The van der Waals surface area contributed by atoms with E-state index >= 15 is 0 Å². The largest absolute Gasteiger partial charge is 0.497 e. The van der Waals surface area contributed by atoms with E-state index in [4.69, 9.17) is 9.47 Å². The fraction of sp³-hybridized carbons (Fsp3) is 0.333. The van der Waals surface area contributed by atoms with Crippen LogP contribution in [0, 0.1) is 0 Å². The highest BCUT2D eigenvalue weighted by molar-refractivity contribution is 5.95. The van der Waals surface area contributed by atoms with Gasteiger partial charge in [-0.25, -0.2) is 4.98 Å². The second-order valence-electron chi connectivity index (χ2n) is 4.36. The van der Waals surface area contributed by atoms with Crippen molar-refractivity contribution in [1.82, 2.24) is 10.3 Å². The molecule has 1 aromatic carbocycles. The standard InChI is InChI=1S/C15H18N2O3/c1-19-9-3-8-16-15(18)14-6-4-11-10-12(20-2)5-7-13(11)17-14/h4-7,10H,3,8-9H2,1-2H3,(H,16,18). The number of nitrogens with one attached hydrogen (secondary N) is 1. The van der Waals surface area contributed by atoms with Crippen LogP contribution >= 0.6 is 0 Å². The number of amides is 1. The summed E-state index contributed by atoms with van der Waals surface area (Å²) in [7, 11) is 3.26. The van der Waals surface area contributed by atoms with Crippen LogP contribution in [0.25, 0.3) is 10.9 Å². The highest BCUT2D eigenvalue weighted by Crippen LogP contribution is 2.19. The smallest absolute Gasteiger partial charge is 0.269 e. The van der Waals surface area contributed by atoms with Gasteiger partial charge in [0.25, 0.3) is 5.91 Å². The van der Waals surface area contributed by atoms with Gasteiger partial charge in [0.05, 0.1) is 12.6 Å². The summed E-state index contributed by atoms with van der Waals surface area (Å²) in [6.45, 7) is 1.21. The molecule has 0 aliphatic heterocycles. The topological polar surface area (TPSA) is 60.5 Å². The molecule has 2 aromatic rings. The summed E-state index contributed by atoms with van der Waals surface area (Å²) in [6.07, 6.45) is 0.785. The van der Waals surface area contributed by atoms with Gasteiger partial charge in [-0.05, 0) is 30.7 Å². The van der Waals surface area contributed by atoms with Gasteiger partial charge in [0.1, 0.15) is 11.4 Å². The lowest BCUT2D eigenvalue weighted by Gasteiger charge is -2.06. The average molecular weight is 274 g/mol. The van der Waals surface area contributed by atoms with Crippen LogP contribution in [0.3, 0.4) is 0 Å². The van der Waals surface area contributed by atoms with Crippen molar-refractivity contribution >= 4 is 16.8 Å². The molecule has 0 radical (unpaired) electrons. The first-order valence-corrected chi connectivity index (χ1v) is 6.46. The van der Waals surface area contributed by atoms with Gasteiger partial charge >= 0.3 is 0 Å². The molecule has 0 fully saturated rings. The molecule has 0 aliphatic carbocycles. The molecule has 5 heteroatoms. The number of rotatable bonds is 6. The van der Waals surface area contributed by atoms with E-state index in [1.54, 1.807) is 20.3 Å². The van der Waals surface area contributed by atoms with E-state index in [2.05, 4.69) is 10.3 Å². The Balaban J connectivity index is 2.09. The minimum absolute atomic E-state index is 0.168. The predicted molar refractivity (Wildman–Crippen MR) is 77.1 cm³/mol. The highest BCUT2D eigenvalue weighted by Gasteiger charge is 2.07. The molecular formula is C15H18N2O3. The van der Waals surface area contributed by atoms with Gasteiger partial charge in [-0.15, -0.1) is 0 Å². The van der Waals surface area contributed by atoms with Crippen molar-refractivity contribution < 1.29 is 14.3 Å². The lowest BCUT2D eigenvalue weighted by Crippen LogP contribution is -2.26. The van der Waals surface area contributed by atoms with E-state index in [0.717, 1.165) is 23.1 Å². The van der Waals surface area contributed by atoms with E-state index < -0.39 is 0 Å². The Morgan fingerprint density at radius 3 is 2.85 bits per heavy atom. The van der Waals surface area contributed by atoms with Crippen molar-refractivity contribution in [3.8, 4) is 5.75 Å². The molecule has 1 heterocycles. The van der Waals surface area contributed by atoms with Crippen LogP contribution in [0.1, 0.15) is 16.9 Å². The summed E-state index contributed by atoms with van der Waals surface area (Å²) in [5, 5.41) is 3.76. The average Bonchev–Trinajstić information content (AvgIpc) is 2.50. The fourth-order valence-corrected chi connectivity index (χ4v) is 1.87. The zero-order valence-electron chi connectivity index (χ0n) is 11.7. The maximum atomic E-state index is 11.9. The summed E-state index contributed by atoms with van der Waals surface area (Å²) in [4.78, 5) is 16.3. The number of ether oxygens (including phenoxy) is 2. The molecule has 1 N–H and O–H groups in total. The summed E-state index contributed by atoms with van der Waals surface area (Å²) in [5.74, 6) is 0.606. The SMILES string of the molecule is COCCCNC(=O)c1ccc2cc(OC)ccc2n1. The zero-order valence-corrected chi connectivity index (χ0v) is 11.7. The lowest BCUT2D eigenvalue weighted by molar-refractivity contribution is 0.0944. The number of fused-ring (bicyclic) bond motifs is 1. The summed E-state index contributed by atoms with van der Waals surface area (Å²) < 4.78 is 10.1. The van der Waals surface area contributed by atoms with Gasteiger partial charge in [-0.2, -0.15) is 0 Å². The molecule has 20 heavy (non-hydrogen) atoms. The first-order chi connectivity index (χ1) is 9.74. The number of hydrogen-bond acceptors (Lipinski definition) is 4. The van der Waals surface area contributed by atoms with Crippen molar-refractivity contribution in [3.05, 3.63) is 36.0 Å². The van der Waals surface area contributed by atoms with E-state index in [1.165, 1.54) is 0 Å². The van der Waals surface area contributed by atoms with E-state index in [9.17, 15) is 4.79 Å². The van der Waals surface area contributed by atoms with Crippen molar-refractivity contribution in [1.29, 1.82) is 0 Å². The third-order valence-electron chi connectivity index (χ3n) is 2.94. The molecule has 106 valence electrons. The second kappa shape index (κ2) is 6.86. The van der Waals surface area contributed by atoms with Crippen LogP contribution in [-0.2, 0) is 4.74 Å². The van der Waals surface area contributed by atoms with Gasteiger partial charge in [0, 0.05) is 25.6 Å². The number of carbonyl (C=O) groups excluding carboxylic acids is 1. The molecular weight excluding hydrogens is 256 g/mol. The van der Waals surface area contributed by atoms with Crippen molar-refractivity contribution in [2.24, 2.45) is 0 Å². The van der Waals surface area contributed by atoms with Crippen LogP contribution in [0.15, 0.2) is 30.3 Å². The zero-order chi connectivity index (χ0) is 14.4. The number of methoxy groups -OCH3 is 2. The normalized spacial score (nSPS) is 10.5. The summed E-state index contributed by atoms with van der Waals surface area (Å²) >= 11 is 0. The third kappa shape index (κ3) is 3.45. The Morgan fingerprint density at radius 1 is 1.25 bits per heavy atom. The van der Waals surface area contributed by atoms with Gasteiger partial charge in [-0.1, -0.05) is 6.07 Å². The molecule has 0 atom stereocenters. The first-order valence-electron chi connectivity index (χ1n) is 6.46. The summed E-state index contributed by atoms with van der Waals surface area (Å²) in [6, 6.07) is 9.15. The number of carbonyl (C=O) groups is 1. The lowest BCUT2D eigenvalue weighted by atomic mass is 10.2. The molecule has 0 spiro atoms. The molecule has 0 bridgehead atoms. The second-order valence-corrected chi connectivity index (χ2v) is 4.36. The Labute approximate surface area is 117 Å². The maximum absolute atomic E-state index is 11.9. The van der Waals surface area contributed by atoms with Crippen LogP contribution in [0.4, 0.5) is 0 Å². The molecule has 0 aliphatic rings. The van der Waals surface area contributed by atoms with Gasteiger partial charge in [-0.3, -0.25) is 4.79 Å². The number of nitrogens with zero attached hydrogens (tertiary/aromatic N) is 1. The number of aromatic nitrogens is 1. The molecule has 5 nitrogen and oxygen atoms in total. The maximum Gasteiger partial charge on any atom is 0.269 e. The van der Waals surface area contributed by atoms with E-state index in [1.807, 2.05) is 24.3 Å². The summed E-state index contributed by atoms with van der Waals surface area (Å²) in [5.41, 5.74) is 1.19. The quantitative estimate of drug-likeness (QED) is 0.819. The van der Waals surface area contributed by atoms with Crippen LogP contribution in [0.5, 0.6) is 5.75 Å². The Bertz CT molecular complexity index is 599. The van der Waals surface area contributed by atoms with Gasteiger partial charge < -0.3 is 14.8 Å². The Hall–Kier alpha value is -2.14. The molecule has 1 aromatic heterocycles. The highest BCUT2D eigenvalue weighted by atomic mass is 16.5. The molecule has 0 saturated carbocycles. The monoisotopic (exact) mass is 274 g/mol.